The number of piperidine rings is 1. The highest BCUT2D eigenvalue weighted by molar-refractivity contribution is 5.78. The molecule has 1 aromatic heterocycles. The van der Waals surface area contributed by atoms with Crippen LogP contribution in [0.4, 0.5) is 11.5 Å². The number of carbonyl (C=O) groups excluding carboxylic acids is 1. The molecule has 102 valence electrons. The molecule has 0 radical (unpaired) electrons. The Bertz CT molecular complexity index is 508. The second-order valence-electron chi connectivity index (χ2n) is 4.96. The van der Waals surface area contributed by atoms with Gasteiger partial charge in [-0.05, 0) is 32.3 Å². The first-order chi connectivity index (χ1) is 8.99. The zero-order valence-electron chi connectivity index (χ0n) is 11.1. The lowest BCUT2D eigenvalue weighted by Gasteiger charge is -2.32. The SMILES string of the molecule is CC(=O)C1CCN(c2ncc([N+](=O)[O-])cc2C)CC1. The molecule has 0 unspecified atom stereocenters. The fourth-order valence-electron chi connectivity index (χ4n) is 2.48. The minimum atomic E-state index is -0.439. The average Bonchev–Trinajstić information content (AvgIpc) is 2.38. The minimum absolute atomic E-state index is 0.0138. The van der Waals surface area contributed by atoms with Crippen molar-refractivity contribution < 1.29 is 9.72 Å². The van der Waals surface area contributed by atoms with Crippen molar-refractivity contribution in [1.82, 2.24) is 4.98 Å². The van der Waals surface area contributed by atoms with Crippen LogP contribution in [0.3, 0.4) is 0 Å². The normalized spacial score (nSPS) is 16.4. The molecule has 0 aliphatic carbocycles. The lowest BCUT2D eigenvalue weighted by Crippen LogP contribution is -2.36. The van der Waals surface area contributed by atoms with Gasteiger partial charge in [-0.1, -0.05) is 0 Å². The predicted molar refractivity (Wildman–Crippen MR) is 71.2 cm³/mol. The summed E-state index contributed by atoms with van der Waals surface area (Å²) in [7, 11) is 0. The van der Waals surface area contributed by atoms with Crippen molar-refractivity contribution in [3.63, 3.8) is 0 Å². The van der Waals surface area contributed by atoms with Crippen molar-refractivity contribution in [2.75, 3.05) is 18.0 Å². The molecule has 0 aromatic carbocycles. The molecule has 6 nitrogen and oxygen atoms in total. The number of anilines is 1. The number of carbonyl (C=O) groups is 1. The Morgan fingerprint density at radius 1 is 1.47 bits per heavy atom. The molecule has 0 saturated carbocycles. The summed E-state index contributed by atoms with van der Waals surface area (Å²) < 4.78 is 0. The van der Waals surface area contributed by atoms with Crippen molar-refractivity contribution in [1.29, 1.82) is 0 Å². The predicted octanol–water partition coefficient (Wildman–Crippen LogP) is 2.10. The lowest BCUT2D eigenvalue weighted by atomic mass is 9.93. The molecule has 1 aliphatic heterocycles. The van der Waals surface area contributed by atoms with E-state index in [9.17, 15) is 14.9 Å². The van der Waals surface area contributed by atoms with Crippen LogP contribution in [0, 0.1) is 23.0 Å². The molecule has 0 atom stereocenters. The second kappa shape index (κ2) is 5.34. The number of pyridine rings is 1. The number of aryl methyl sites for hydroxylation is 1. The quantitative estimate of drug-likeness (QED) is 0.616. The molecule has 2 heterocycles. The van der Waals surface area contributed by atoms with Gasteiger partial charge in [0.2, 0.25) is 0 Å². The largest absolute Gasteiger partial charge is 0.356 e. The van der Waals surface area contributed by atoms with E-state index < -0.39 is 4.92 Å². The summed E-state index contributed by atoms with van der Waals surface area (Å²) in [5.74, 6) is 1.18. The average molecular weight is 263 g/mol. The van der Waals surface area contributed by atoms with Crippen molar-refractivity contribution in [3.8, 4) is 0 Å². The van der Waals surface area contributed by atoms with Gasteiger partial charge in [-0.25, -0.2) is 4.98 Å². The molecular formula is C13H17N3O3. The molecule has 0 bridgehead atoms. The second-order valence-corrected chi connectivity index (χ2v) is 4.96. The van der Waals surface area contributed by atoms with Crippen LogP contribution in [0.15, 0.2) is 12.3 Å². The van der Waals surface area contributed by atoms with Gasteiger partial charge in [0.1, 0.15) is 17.8 Å². The maximum atomic E-state index is 11.3. The summed E-state index contributed by atoms with van der Waals surface area (Å²) in [4.78, 5) is 27.8. The van der Waals surface area contributed by atoms with E-state index in [0.717, 1.165) is 37.3 Å². The Labute approximate surface area is 111 Å². The third-order valence-corrected chi connectivity index (χ3v) is 3.62. The van der Waals surface area contributed by atoms with Gasteiger partial charge in [-0.2, -0.15) is 0 Å². The number of aromatic nitrogens is 1. The van der Waals surface area contributed by atoms with Crippen molar-refractivity contribution in [3.05, 3.63) is 27.9 Å². The van der Waals surface area contributed by atoms with Crippen LogP contribution in [-0.2, 0) is 4.79 Å². The van der Waals surface area contributed by atoms with Gasteiger partial charge < -0.3 is 4.90 Å². The molecule has 19 heavy (non-hydrogen) atoms. The van der Waals surface area contributed by atoms with E-state index in [4.69, 9.17) is 0 Å². The van der Waals surface area contributed by atoms with Gasteiger partial charge in [-0.3, -0.25) is 14.9 Å². The molecule has 1 fully saturated rings. The lowest BCUT2D eigenvalue weighted by molar-refractivity contribution is -0.385. The van der Waals surface area contributed by atoms with Gasteiger partial charge in [0, 0.05) is 25.1 Å². The van der Waals surface area contributed by atoms with E-state index in [1.54, 1.807) is 13.0 Å². The zero-order chi connectivity index (χ0) is 14.0. The summed E-state index contributed by atoms with van der Waals surface area (Å²) in [6.45, 7) is 5.01. The van der Waals surface area contributed by atoms with Crippen molar-refractivity contribution >= 4 is 17.3 Å². The van der Waals surface area contributed by atoms with Crippen LogP contribution >= 0.6 is 0 Å². The molecule has 0 amide bonds. The molecule has 1 aromatic rings. The highest BCUT2D eigenvalue weighted by Crippen LogP contribution is 2.26. The van der Waals surface area contributed by atoms with Crippen LogP contribution in [0.25, 0.3) is 0 Å². The first-order valence-electron chi connectivity index (χ1n) is 6.35. The molecule has 1 aliphatic rings. The number of hydrogen-bond donors (Lipinski definition) is 0. The summed E-state index contributed by atoms with van der Waals surface area (Å²) >= 11 is 0. The number of Topliss-reactive ketones (excluding diaryl/α,β-unsaturated/α-hetero) is 1. The first-order valence-corrected chi connectivity index (χ1v) is 6.35. The van der Waals surface area contributed by atoms with Gasteiger partial charge in [0.15, 0.2) is 0 Å². The molecule has 0 spiro atoms. The van der Waals surface area contributed by atoms with Crippen molar-refractivity contribution in [2.45, 2.75) is 26.7 Å². The Balaban J connectivity index is 2.11. The van der Waals surface area contributed by atoms with Crippen LogP contribution in [0.2, 0.25) is 0 Å². The van der Waals surface area contributed by atoms with Crippen LogP contribution in [-0.4, -0.2) is 28.8 Å². The van der Waals surface area contributed by atoms with Crippen LogP contribution in [0.5, 0.6) is 0 Å². The number of rotatable bonds is 3. The van der Waals surface area contributed by atoms with E-state index >= 15 is 0 Å². The van der Waals surface area contributed by atoms with Crippen molar-refractivity contribution in [2.24, 2.45) is 5.92 Å². The van der Waals surface area contributed by atoms with E-state index in [-0.39, 0.29) is 17.4 Å². The monoisotopic (exact) mass is 263 g/mol. The highest BCUT2D eigenvalue weighted by Gasteiger charge is 2.24. The molecule has 1 saturated heterocycles. The van der Waals surface area contributed by atoms with Gasteiger partial charge in [0.25, 0.3) is 5.69 Å². The van der Waals surface area contributed by atoms with Crippen LogP contribution in [0.1, 0.15) is 25.3 Å². The van der Waals surface area contributed by atoms with E-state index in [1.165, 1.54) is 6.20 Å². The maximum absolute atomic E-state index is 11.3. The smallest absolute Gasteiger partial charge is 0.287 e. The fraction of sp³-hybridized carbons (Fsp3) is 0.538. The van der Waals surface area contributed by atoms with Gasteiger partial charge >= 0.3 is 0 Å². The zero-order valence-corrected chi connectivity index (χ0v) is 11.1. The standard InChI is InChI=1S/C13H17N3O3/c1-9-7-12(16(18)19)8-14-13(9)15-5-3-11(4-6-15)10(2)17/h7-8,11H,3-6H2,1-2H3. The number of ketones is 1. The summed E-state index contributed by atoms with van der Waals surface area (Å²) in [6.07, 6.45) is 2.94. The fourth-order valence-corrected chi connectivity index (χ4v) is 2.48. The number of hydrogen-bond acceptors (Lipinski definition) is 5. The third kappa shape index (κ3) is 2.89. The molecule has 0 N–H and O–H groups in total. The summed E-state index contributed by atoms with van der Waals surface area (Å²) in [5, 5.41) is 10.7. The van der Waals surface area contributed by atoms with E-state index in [1.807, 2.05) is 6.92 Å². The number of nitro groups is 1. The topological polar surface area (TPSA) is 76.3 Å². The maximum Gasteiger partial charge on any atom is 0.287 e. The first kappa shape index (κ1) is 13.5. The Kier molecular flexibility index (Phi) is 3.78. The van der Waals surface area contributed by atoms with Crippen LogP contribution < -0.4 is 4.90 Å². The Morgan fingerprint density at radius 3 is 2.58 bits per heavy atom. The number of nitrogens with zero attached hydrogens (tertiary/aromatic N) is 3. The van der Waals surface area contributed by atoms with E-state index in [0.29, 0.717) is 0 Å². The minimum Gasteiger partial charge on any atom is -0.356 e. The summed E-state index contributed by atoms with van der Waals surface area (Å²) in [5.41, 5.74) is 0.815. The Morgan fingerprint density at radius 2 is 2.11 bits per heavy atom. The van der Waals surface area contributed by atoms with Gasteiger partial charge in [0.05, 0.1) is 4.92 Å². The molecular weight excluding hydrogens is 246 g/mol. The Hall–Kier alpha value is -1.98. The third-order valence-electron chi connectivity index (χ3n) is 3.62. The summed E-state index contributed by atoms with van der Waals surface area (Å²) in [6, 6.07) is 1.54. The molecule has 6 heteroatoms. The highest BCUT2D eigenvalue weighted by atomic mass is 16.6. The van der Waals surface area contributed by atoms with E-state index in [2.05, 4.69) is 9.88 Å². The van der Waals surface area contributed by atoms with Gasteiger partial charge in [-0.15, -0.1) is 0 Å². The molecule has 2 rings (SSSR count).